The van der Waals surface area contributed by atoms with Crippen LogP contribution in [-0.2, 0) is 33.3 Å². The highest BCUT2D eigenvalue weighted by atomic mass is 16.5. The maximum atomic E-state index is 12.6. The predicted octanol–water partition coefficient (Wildman–Crippen LogP) is 1.58. The van der Waals surface area contributed by atoms with E-state index in [0.717, 1.165) is 27.2 Å². The number of hydrogen-bond donors (Lipinski definition) is 2. The summed E-state index contributed by atoms with van der Waals surface area (Å²) in [5.74, 6) is -2.30. The Morgan fingerprint density at radius 1 is 0.805 bits per heavy atom. The highest BCUT2D eigenvalue weighted by Crippen LogP contribution is 2.44. The molecule has 0 unspecified atom stereocenters. The summed E-state index contributed by atoms with van der Waals surface area (Å²) < 4.78 is 20.8. The zero-order chi connectivity index (χ0) is 29.6. The molecule has 0 heterocycles. The van der Waals surface area contributed by atoms with Crippen LogP contribution in [0.5, 0.6) is 0 Å². The Hall–Kier alpha value is -4.00. The van der Waals surface area contributed by atoms with E-state index in [1.54, 1.807) is 0 Å². The van der Waals surface area contributed by atoms with Crippen molar-refractivity contribution in [1.29, 1.82) is 0 Å². The molecule has 3 amide bonds. The number of hydrogen-bond acceptors (Lipinski definition) is 8. The number of nitrogens with zero attached hydrogens (tertiary/aromatic N) is 2. The van der Waals surface area contributed by atoms with Crippen LogP contribution in [0.3, 0.4) is 0 Å². The fourth-order valence-corrected chi connectivity index (χ4v) is 4.57. The van der Waals surface area contributed by atoms with Gasteiger partial charge in [-0.3, -0.25) is 14.4 Å². The number of aliphatic carboxylic acids is 1. The van der Waals surface area contributed by atoms with Crippen molar-refractivity contribution in [3.05, 3.63) is 59.7 Å². The van der Waals surface area contributed by atoms with Crippen molar-refractivity contribution in [3.8, 4) is 11.1 Å². The number of benzene rings is 2. The number of nitrogens with one attached hydrogen (secondary N) is 1. The zero-order valence-corrected chi connectivity index (χ0v) is 23.4. The van der Waals surface area contributed by atoms with Crippen molar-refractivity contribution >= 4 is 23.9 Å². The molecule has 0 bridgehead atoms. The standard InChI is InChI=1S/C29H37N3O9/c1-38-15-13-31(14-16-39-2)26(33)19-40-20-27(34)32(17-28(35)36)12-11-30-29(37)41-18-25-23-9-5-3-7-21(23)22-8-4-6-10-24(22)25/h3-10,25H,11-20H2,1-2H3,(H,30,37)(H,35,36). The van der Waals surface area contributed by atoms with E-state index in [4.69, 9.17) is 18.9 Å². The van der Waals surface area contributed by atoms with Crippen LogP contribution in [0.15, 0.2) is 48.5 Å². The smallest absolute Gasteiger partial charge is 0.407 e. The van der Waals surface area contributed by atoms with Crippen LogP contribution >= 0.6 is 0 Å². The number of carboxylic acid groups (broad SMARTS) is 1. The second kappa shape index (κ2) is 16.3. The number of ether oxygens (including phenoxy) is 4. The van der Waals surface area contributed by atoms with Gasteiger partial charge in [0.1, 0.15) is 26.4 Å². The average molecular weight is 572 g/mol. The third-order valence-corrected chi connectivity index (χ3v) is 6.61. The third kappa shape index (κ3) is 9.27. The summed E-state index contributed by atoms with van der Waals surface area (Å²) in [5, 5.41) is 11.8. The summed E-state index contributed by atoms with van der Waals surface area (Å²) in [6.45, 7) is -0.0941. The van der Waals surface area contributed by atoms with Crippen molar-refractivity contribution in [2.75, 3.05) is 80.0 Å². The van der Waals surface area contributed by atoms with Gasteiger partial charge in [0.05, 0.1) is 13.2 Å². The molecule has 0 fully saturated rings. The summed E-state index contributed by atoms with van der Waals surface area (Å²) >= 11 is 0. The van der Waals surface area contributed by atoms with Gasteiger partial charge in [-0.1, -0.05) is 48.5 Å². The molecule has 0 radical (unpaired) electrons. The van der Waals surface area contributed by atoms with Crippen LogP contribution in [0, 0.1) is 0 Å². The van der Waals surface area contributed by atoms with E-state index in [9.17, 15) is 24.3 Å². The fourth-order valence-electron chi connectivity index (χ4n) is 4.57. The van der Waals surface area contributed by atoms with Gasteiger partial charge in [0.25, 0.3) is 0 Å². The number of rotatable bonds is 17. The molecule has 2 N–H and O–H groups in total. The van der Waals surface area contributed by atoms with E-state index in [1.807, 2.05) is 48.5 Å². The molecule has 0 saturated heterocycles. The first-order valence-electron chi connectivity index (χ1n) is 13.3. The average Bonchev–Trinajstić information content (AvgIpc) is 3.29. The Balaban J connectivity index is 1.45. The molecule has 12 nitrogen and oxygen atoms in total. The van der Waals surface area contributed by atoms with Gasteiger partial charge in [0.15, 0.2) is 0 Å². The molecule has 0 spiro atoms. The molecule has 12 heteroatoms. The van der Waals surface area contributed by atoms with E-state index in [-0.39, 0.29) is 38.1 Å². The minimum Gasteiger partial charge on any atom is -0.480 e. The predicted molar refractivity (Wildman–Crippen MR) is 148 cm³/mol. The molecule has 0 aliphatic heterocycles. The lowest BCUT2D eigenvalue weighted by molar-refractivity contribution is -0.148. The van der Waals surface area contributed by atoms with E-state index in [2.05, 4.69) is 5.32 Å². The summed E-state index contributed by atoms with van der Waals surface area (Å²) in [5.41, 5.74) is 4.39. The van der Waals surface area contributed by atoms with Crippen LogP contribution in [0.4, 0.5) is 4.79 Å². The van der Waals surface area contributed by atoms with Gasteiger partial charge in [-0.05, 0) is 22.3 Å². The van der Waals surface area contributed by atoms with Gasteiger partial charge in [-0.2, -0.15) is 0 Å². The first-order valence-corrected chi connectivity index (χ1v) is 13.3. The van der Waals surface area contributed by atoms with Gasteiger partial charge in [0, 0.05) is 46.3 Å². The summed E-state index contributed by atoms with van der Waals surface area (Å²) in [6.07, 6.45) is -0.677. The maximum Gasteiger partial charge on any atom is 0.407 e. The molecular weight excluding hydrogens is 534 g/mol. The van der Waals surface area contributed by atoms with Crippen molar-refractivity contribution in [1.82, 2.24) is 15.1 Å². The first-order chi connectivity index (χ1) is 19.8. The Morgan fingerprint density at radius 3 is 1.88 bits per heavy atom. The fraction of sp³-hybridized carbons (Fsp3) is 0.448. The summed E-state index contributed by atoms with van der Waals surface area (Å²) in [7, 11) is 3.04. The number of alkyl carbamates (subject to hydrolysis) is 1. The van der Waals surface area contributed by atoms with Crippen molar-refractivity contribution in [2.45, 2.75) is 5.92 Å². The molecule has 1 aliphatic carbocycles. The van der Waals surface area contributed by atoms with Gasteiger partial charge >= 0.3 is 12.1 Å². The van der Waals surface area contributed by atoms with Crippen molar-refractivity contribution in [2.24, 2.45) is 0 Å². The molecule has 0 saturated carbocycles. The highest BCUT2D eigenvalue weighted by Gasteiger charge is 2.29. The molecule has 0 aromatic heterocycles. The lowest BCUT2D eigenvalue weighted by atomic mass is 9.98. The van der Waals surface area contributed by atoms with Gasteiger partial charge in [-0.25, -0.2) is 4.79 Å². The quantitative estimate of drug-likeness (QED) is 0.289. The molecule has 1 aliphatic rings. The van der Waals surface area contributed by atoms with Gasteiger partial charge in [-0.15, -0.1) is 0 Å². The first kappa shape index (κ1) is 31.5. The Labute approximate surface area is 239 Å². The van der Waals surface area contributed by atoms with Crippen LogP contribution < -0.4 is 5.32 Å². The SMILES string of the molecule is COCCN(CCOC)C(=O)COCC(=O)N(CCNC(=O)OCC1c2ccccc2-c2ccccc21)CC(=O)O. The van der Waals surface area contributed by atoms with Gasteiger partial charge < -0.3 is 39.2 Å². The highest BCUT2D eigenvalue weighted by molar-refractivity contribution is 5.83. The monoisotopic (exact) mass is 571 g/mol. The Bertz CT molecular complexity index is 1140. The number of carbonyl (C=O) groups excluding carboxylic acids is 3. The molecule has 3 rings (SSSR count). The minimum atomic E-state index is -1.22. The number of carboxylic acids is 1. The van der Waals surface area contributed by atoms with Crippen molar-refractivity contribution < 1.29 is 43.2 Å². The topological polar surface area (TPSA) is 144 Å². The molecule has 2 aromatic rings. The summed E-state index contributed by atoms with van der Waals surface area (Å²) in [6, 6.07) is 16.0. The molecule has 41 heavy (non-hydrogen) atoms. The lowest BCUT2D eigenvalue weighted by Gasteiger charge is -2.23. The van der Waals surface area contributed by atoms with E-state index < -0.39 is 31.1 Å². The van der Waals surface area contributed by atoms with Crippen LogP contribution in [0.1, 0.15) is 17.0 Å². The van der Waals surface area contributed by atoms with E-state index >= 15 is 0 Å². The lowest BCUT2D eigenvalue weighted by Crippen LogP contribution is -2.44. The van der Waals surface area contributed by atoms with Crippen LogP contribution in [0.2, 0.25) is 0 Å². The number of carbonyl (C=O) groups is 4. The second-order valence-electron chi connectivity index (χ2n) is 9.32. The largest absolute Gasteiger partial charge is 0.480 e. The molecule has 222 valence electrons. The normalized spacial score (nSPS) is 11.9. The number of fused-ring (bicyclic) bond motifs is 3. The Morgan fingerprint density at radius 2 is 1.34 bits per heavy atom. The second-order valence-corrected chi connectivity index (χ2v) is 9.32. The summed E-state index contributed by atoms with van der Waals surface area (Å²) in [4.78, 5) is 51.3. The minimum absolute atomic E-state index is 0.0313. The van der Waals surface area contributed by atoms with Gasteiger partial charge in [0.2, 0.25) is 11.8 Å². The third-order valence-electron chi connectivity index (χ3n) is 6.61. The maximum absolute atomic E-state index is 12.6. The van der Waals surface area contributed by atoms with E-state index in [1.165, 1.54) is 19.1 Å². The van der Waals surface area contributed by atoms with Crippen molar-refractivity contribution in [3.63, 3.8) is 0 Å². The van der Waals surface area contributed by atoms with E-state index in [0.29, 0.717) is 26.3 Å². The number of methoxy groups -OCH3 is 2. The van der Waals surface area contributed by atoms with Crippen LogP contribution in [-0.4, -0.2) is 119 Å². The van der Waals surface area contributed by atoms with Crippen LogP contribution in [0.25, 0.3) is 11.1 Å². The zero-order valence-electron chi connectivity index (χ0n) is 23.4. The molecule has 2 aromatic carbocycles. The number of amides is 3. The molecular formula is C29H37N3O9. The Kier molecular flexibility index (Phi) is 12.5. The molecule has 0 atom stereocenters.